The molecule has 0 aromatic rings. The van der Waals surface area contributed by atoms with Crippen LogP contribution in [0, 0.1) is 5.92 Å². The summed E-state index contributed by atoms with van der Waals surface area (Å²) in [6, 6.07) is 0. The highest BCUT2D eigenvalue weighted by Gasteiger charge is 2.25. The summed E-state index contributed by atoms with van der Waals surface area (Å²) in [5.74, 6) is 0.795. The molecule has 1 aliphatic rings. The summed E-state index contributed by atoms with van der Waals surface area (Å²) in [7, 11) is 4.20. The van der Waals surface area contributed by atoms with Crippen LogP contribution in [0.15, 0.2) is 0 Å². The first kappa shape index (κ1) is 13.9. The maximum absolute atomic E-state index is 5.98. The lowest BCUT2D eigenvalue weighted by Gasteiger charge is -2.22. The van der Waals surface area contributed by atoms with Gasteiger partial charge in [-0.05, 0) is 45.8 Å². The van der Waals surface area contributed by atoms with Gasteiger partial charge in [0.2, 0.25) is 0 Å². The van der Waals surface area contributed by atoms with Crippen molar-refractivity contribution in [2.45, 2.75) is 45.3 Å². The maximum Gasteiger partial charge on any atom is 0.0707 e. The zero-order valence-electron chi connectivity index (χ0n) is 11.3. The first-order valence-electron chi connectivity index (χ1n) is 6.60. The SMILES string of the molecule is CNCC1CCC(CN(C)CCC(C)C)O1. The molecule has 2 unspecified atom stereocenters. The van der Waals surface area contributed by atoms with E-state index >= 15 is 0 Å². The number of likely N-dealkylation sites (N-methyl/N-ethyl adjacent to an activating group) is 2. The number of nitrogens with one attached hydrogen (secondary N) is 1. The summed E-state index contributed by atoms with van der Waals surface area (Å²) >= 11 is 0. The van der Waals surface area contributed by atoms with Crippen molar-refractivity contribution in [2.75, 3.05) is 33.7 Å². The summed E-state index contributed by atoms with van der Waals surface area (Å²) in [6.07, 6.45) is 4.61. The van der Waals surface area contributed by atoms with Crippen LogP contribution in [0.1, 0.15) is 33.1 Å². The molecule has 16 heavy (non-hydrogen) atoms. The molecular weight excluding hydrogens is 200 g/mol. The third-order valence-electron chi connectivity index (χ3n) is 3.23. The van der Waals surface area contributed by atoms with Crippen molar-refractivity contribution < 1.29 is 4.74 Å². The van der Waals surface area contributed by atoms with Gasteiger partial charge in [0, 0.05) is 13.1 Å². The van der Waals surface area contributed by atoms with E-state index in [1.165, 1.54) is 25.8 Å². The second-order valence-corrected chi connectivity index (χ2v) is 5.46. The highest BCUT2D eigenvalue weighted by atomic mass is 16.5. The minimum Gasteiger partial charge on any atom is -0.372 e. The minimum atomic E-state index is 0.438. The summed E-state index contributed by atoms with van der Waals surface area (Å²) < 4.78 is 5.98. The van der Waals surface area contributed by atoms with Gasteiger partial charge in [0.25, 0.3) is 0 Å². The lowest BCUT2D eigenvalue weighted by Crippen LogP contribution is -2.32. The fourth-order valence-corrected chi connectivity index (χ4v) is 2.21. The van der Waals surface area contributed by atoms with E-state index in [0.717, 1.165) is 19.0 Å². The first-order valence-corrected chi connectivity index (χ1v) is 6.60. The number of rotatable bonds is 7. The zero-order valence-corrected chi connectivity index (χ0v) is 11.3. The lowest BCUT2D eigenvalue weighted by molar-refractivity contribution is 0.0282. The van der Waals surface area contributed by atoms with Gasteiger partial charge in [-0.2, -0.15) is 0 Å². The first-order chi connectivity index (χ1) is 7.61. The number of hydrogen-bond donors (Lipinski definition) is 1. The van der Waals surface area contributed by atoms with E-state index in [-0.39, 0.29) is 0 Å². The Labute approximate surface area is 101 Å². The highest BCUT2D eigenvalue weighted by molar-refractivity contribution is 4.76. The molecule has 0 spiro atoms. The second kappa shape index (κ2) is 7.25. The van der Waals surface area contributed by atoms with Gasteiger partial charge in [0.05, 0.1) is 12.2 Å². The third-order valence-corrected chi connectivity index (χ3v) is 3.23. The number of ether oxygens (including phenoxy) is 1. The van der Waals surface area contributed by atoms with Crippen molar-refractivity contribution in [2.24, 2.45) is 5.92 Å². The van der Waals surface area contributed by atoms with Gasteiger partial charge >= 0.3 is 0 Å². The van der Waals surface area contributed by atoms with Crippen LogP contribution in [0.2, 0.25) is 0 Å². The Morgan fingerprint density at radius 2 is 2.00 bits per heavy atom. The monoisotopic (exact) mass is 228 g/mol. The molecule has 0 amide bonds. The van der Waals surface area contributed by atoms with Crippen molar-refractivity contribution in [3.8, 4) is 0 Å². The molecular formula is C13H28N2O. The Hall–Kier alpha value is -0.120. The van der Waals surface area contributed by atoms with E-state index in [2.05, 4.69) is 31.1 Å². The van der Waals surface area contributed by atoms with Crippen LogP contribution in [-0.4, -0.2) is 50.8 Å². The van der Waals surface area contributed by atoms with Crippen LogP contribution in [0.25, 0.3) is 0 Å². The molecule has 3 heteroatoms. The Kier molecular flexibility index (Phi) is 6.32. The summed E-state index contributed by atoms with van der Waals surface area (Å²) in [6.45, 7) is 7.83. The maximum atomic E-state index is 5.98. The van der Waals surface area contributed by atoms with Crippen LogP contribution in [-0.2, 0) is 4.74 Å². The molecule has 1 aliphatic heterocycles. The minimum absolute atomic E-state index is 0.438. The molecule has 1 heterocycles. The van der Waals surface area contributed by atoms with Gasteiger partial charge < -0.3 is 15.0 Å². The molecule has 1 saturated heterocycles. The van der Waals surface area contributed by atoms with Gasteiger partial charge in [-0.1, -0.05) is 13.8 Å². The Balaban J connectivity index is 2.13. The average molecular weight is 228 g/mol. The normalized spacial score (nSPS) is 25.9. The molecule has 1 rings (SSSR count). The van der Waals surface area contributed by atoms with Crippen LogP contribution >= 0.6 is 0 Å². The van der Waals surface area contributed by atoms with E-state index in [9.17, 15) is 0 Å². The average Bonchev–Trinajstić information content (AvgIpc) is 2.63. The van der Waals surface area contributed by atoms with Gasteiger partial charge in [-0.15, -0.1) is 0 Å². The predicted molar refractivity (Wildman–Crippen MR) is 68.8 cm³/mol. The van der Waals surface area contributed by atoms with Crippen LogP contribution in [0.5, 0.6) is 0 Å². The standard InChI is InChI=1S/C13H28N2O/c1-11(2)7-8-15(4)10-13-6-5-12(16-13)9-14-3/h11-14H,5-10H2,1-4H3. The summed E-state index contributed by atoms with van der Waals surface area (Å²) in [4.78, 5) is 2.41. The van der Waals surface area contributed by atoms with Crippen molar-refractivity contribution in [3.05, 3.63) is 0 Å². The zero-order chi connectivity index (χ0) is 12.0. The number of nitrogens with zero attached hydrogens (tertiary/aromatic N) is 1. The van der Waals surface area contributed by atoms with Crippen LogP contribution < -0.4 is 5.32 Å². The highest BCUT2D eigenvalue weighted by Crippen LogP contribution is 2.19. The van der Waals surface area contributed by atoms with E-state index < -0.39 is 0 Å². The molecule has 96 valence electrons. The van der Waals surface area contributed by atoms with E-state index in [4.69, 9.17) is 4.74 Å². The predicted octanol–water partition coefficient (Wildman–Crippen LogP) is 1.73. The fourth-order valence-electron chi connectivity index (χ4n) is 2.21. The van der Waals surface area contributed by atoms with E-state index in [1.807, 2.05) is 7.05 Å². The molecule has 0 saturated carbocycles. The Bertz CT molecular complexity index is 185. The van der Waals surface area contributed by atoms with Crippen molar-refractivity contribution in [1.82, 2.24) is 10.2 Å². The van der Waals surface area contributed by atoms with Crippen molar-refractivity contribution in [1.29, 1.82) is 0 Å². The summed E-state index contributed by atoms with van der Waals surface area (Å²) in [5, 5.41) is 3.18. The van der Waals surface area contributed by atoms with Crippen LogP contribution in [0.4, 0.5) is 0 Å². The quantitative estimate of drug-likeness (QED) is 0.718. The molecule has 3 nitrogen and oxygen atoms in total. The van der Waals surface area contributed by atoms with Gasteiger partial charge in [0.1, 0.15) is 0 Å². The molecule has 0 radical (unpaired) electrons. The van der Waals surface area contributed by atoms with Crippen molar-refractivity contribution in [3.63, 3.8) is 0 Å². The van der Waals surface area contributed by atoms with E-state index in [1.54, 1.807) is 0 Å². The molecule has 0 aromatic carbocycles. The lowest BCUT2D eigenvalue weighted by atomic mass is 10.1. The molecule has 0 aliphatic carbocycles. The number of hydrogen-bond acceptors (Lipinski definition) is 3. The molecule has 0 aromatic heterocycles. The van der Waals surface area contributed by atoms with Crippen molar-refractivity contribution >= 4 is 0 Å². The molecule has 0 bridgehead atoms. The molecule has 2 atom stereocenters. The van der Waals surface area contributed by atoms with Crippen LogP contribution in [0.3, 0.4) is 0 Å². The molecule has 1 N–H and O–H groups in total. The third kappa shape index (κ3) is 5.28. The smallest absolute Gasteiger partial charge is 0.0707 e. The van der Waals surface area contributed by atoms with Gasteiger partial charge in [0.15, 0.2) is 0 Å². The summed E-state index contributed by atoms with van der Waals surface area (Å²) in [5.41, 5.74) is 0. The topological polar surface area (TPSA) is 24.5 Å². The Morgan fingerprint density at radius 1 is 1.31 bits per heavy atom. The Morgan fingerprint density at radius 3 is 2.62 bits per heavy atom. The fraction of sp³-hybridized carbons (Fsp3) is 1.00. The molecule has 1 fully saturated rings. The van der Waals surface area contributed by atoms with Gasteiger partial charge in [-0.25, -0.2) is 0 Å². The van der Waals surface area contributed by atoms with Gasteiger partial charge in [-0.3, -0.25) is 0 Å². The van der Waals surface area contributed by atoms with E-state index in [0.29, 0.717) is 12.2 Å². The largest absolute Gasteiger partial charge is 0.372 e. The second-order valence-electron chi connectivity index (χ2n) is 5.46.